The van der Waals surface area contributed by atoms with E-state index < -0.39 is 35.4 Å². The third-order valence-electron chi connectivity index (χ3n) is 5.37. The number of rotatable bonds is 7. The average molecular weight is 509 g/mol. The predicted molar refractivity (Wildman–Crippen MR) is 114 cm³/mol. The second kappa shape index (κ2) is 9.02. The number of carbonyl (C=O) groups is 3. The summed E-state index contributed by atoms with van der Waals surface area (Å²) in [6, 6.07) is 10.4. The van der Waals surface area contributed by atoms with Crippen LogP contribution in [-0.2, 0) is 9.59 Å². The molecule has 0 aliphatic heterocycles. The van der Waals surface area contributed by atoms with E-state index in [2.05, 4.69) is 5.32 Å². The number of carboxylic acid groups (broad SMARTS) is 1. The van der Waals surface area contributed by atoms with Crippen molar-refractivity contribution in [2.75, 3.05) is 0 Å². The minimum Gasteiger partial charge on any atom is -0.478 e. The Morgan fingerprint density at radius 1 is 1.17 bits per heavy atom. The van der Waals surface area contributed by atoms with Crippen LogP contribution in [0.15, 0.2) is 42.5 Å². The van der Waals surface area contributed by atoms with Crippen molar-refractivity contribution in [1.82, 2.24) is 5.32 Å². The lowest BCUT2D eigenvalue weighted by atomic mass is 9.76. The van der Waals surface area contributed by atoms with Gasteiger partial charge >= 0.3 is 5.97 Å². The Labute approximate surface area is 181 Å². The Balaban J connectivity index is 1.96. The van der Waals surface area contributed by atoms with Crippen LogP contribution in [0.5, 0.6) is 0 Å². The summed E-state index contributed by atoms with van der Waals surface area (Å²) in [5.41, 5.74) is 0.766. The number of hydrogen-bond donors (Lipinski definition) is 2. The first-order chi connectivity index (χ1) is 13.8. The summed E-state index contributed by atoms with van der Waals surface area (Å²) >= 11 is 1.88. The lowest BCUT2D eigenvalue weighted by molar-refractivity contribution is -0.130. The third kappa shape index (κ3) is 4.66. The van der Waals surface area contributed by atoms with Crippen molar-refractivity contribution in [2.45, 2.75) is 38.1 Å². The smallest absolute Gasteiger partial charge is 0.337 e. The molecule has 5 nitrogen and oxygen atoms in total. The van der Waals surface area contributed by atoms with Crippen LogP contribution in [0.3, 0.4) is 0 Å². The predicted octanol–water partition coefficient (Wildman–Crippen LogP) is 4.46. The fourth-order valence-electron chi connectivity index (χ4n) is 3.73. The Kier molecular flexibility index (Phi) is 6.66. The quantitative estimate of drug-likeness (QED) is 0.427. The lowest BCUT2D eigenvalue weighted by Gasteiger charge is -2.35. The van der Waals surface area contributed by atoms with E-state index in [4.69, 9.17) is 0 Å². The topological polar surface area (TPSA) is 83.5 Å². The molecule has 2 aromatic rings. The van der Waals surface area contributed by atoms with Gasteiger partial charge in [-0.3, -0.25) is 9.59 Å². The van der Waals surface area contributed by atoms with Crippen molar-refractivity contribution in [2.24, 2.45) is 5.92 Å². The molecule has 152 valence electrons. The van der Waals surface area contributed by atoms with Gasteiger partial charge in [0.2, 0.25) is 5.91 Å². The second-order valence-electron chi connectivity index (χ2n) is 7.29. The normalized spacial score (nSPS) is 15.8. The molecule has 2 aromatic carbocycles. The van der Waals surface area contributed by atoms with Crippen molar-refractivity contribution in [3.8, 4) is 0 Å². The molecule has 29 heavy (non-hydrogen) atoms. The minimum absolute atomic E-state index is 0.0469. The Morgan fingerprint density at radius 2 is 1.86 bits per heavy atom. The summed E-state index contributed by atoms with van der Waals surface area (Å²) < 4.78 is 14.2. The van der Waals surface area contributed by atoms with Gasteiger partial charge in [-0.1, -0.05) is 30.7 Å². The van der Waals surface area contributed by atoms with Gasteiger partial charge in [-0.2, -0.15) is 0 Å². The molecule has 1 amide bonds. The van der Waals surface area contributed by atoms with Crippen molar-refractivity contribution < 1.29 is 23.9 Å². The monoisotopic (exact) mass is 509 g/mol. The van der Waals surface area contributed by atoms with Crippen LogP contribution in [0.1, 0.15) is 59.6 Å². The zero-order valence-electron chi connectivity index (χ0n) is 15.8. The molecule has 2 N–H and O–H groups in total. The molecule has 1 aliphatic carbocycles. The lowest BCUT2D eigenvalue weighted by Crippen LogP contribution is -2.40. The van der Waals surface area contributed by atoms with Gasteiger partial charge in [0.1, 0.15) is 17.5 Å². The molecule has 1 aliphatic rings. The molecule has 1 fully saturated rings. The molecular formula is C22H21FINO4. The molecule has 1 saturated carbocycles. The van der Waals surface area contributed by atoms with E-state index >= 15 is 0 Å². The number of amides is 1. The maximum atomic E-state index is 13.8. The van der Waals surface area contributed by atoms with Gasteiger partial charge in [0.15, 0.2) is 0 Å². The molecule has 7 heteroatoms. The standard InChI is InChI=1S/C22H21FINO4/c1-12(26)18(16-9-4-10-17(24)19(16)22(28)29)21(27)25-20(13-5-2-6-13)14-7-3-8-15(23)11-14/h3-4,7-11,13,18,20H,2,5-6H2,1H3,(H,25,27)(H,28,29). The van der Waals surface area contributed by atoms with E-state index in [9.17, 15) is 23.9 Å². The fourth-order valence-corrected chi connectivity index (χ4v) is 4.48. The maximum absolute atomic E-state index is 13.8. The van der Waals surface area contributed by atoms with E-state index in [0.29, 0.717) is 9.13 Å². The molecular weight excluding hydrogens is 488 g/mol. The van der Waals surface area contributed by atoms with Gasteiger partial charge < -0.3 is 10.4 Å². The van der Waals surface area contributed by atoms with Crippen LogP contribution >= 0.6 is 22.6 Å². The zero-order chi connectivity index (χ0) is 21.1. The SMILES string of the molecule is CC(=O)C(C(=O)NC(c1cccc(F)c1)C1CCC1)c1cccc(I)c1C(=O)O. The number of benzene rings is 2. The van der Waals surface area contributed by atoms with Crippen molar-refractivity contribution in [1.29, 1.82) is 0 Å². The minimum atomic E-state index is -1.24. The molecule has 0 heterocycles. The Hall–Kier alpha value is -2.29. The van der Waals surface area contributed by atoms with Crippen LogP contribution in [0.2, 0.25) is 0 Å². The first kappa shape index (κ1) is 21.4. The first-order valence-corrected chi connectivity index (χ1v) is 10.5. The molecule has 2 atom stereocenters. The number of carbonyl (C=O) groups excluding carboxylic acids is 2. The Bertz CT molecular complexity index is 958. The highest BCUT2D eigenvalue weighted by Gasteiger charge is 2.35. The van der Waals surface area contributed by atoms with Crippen LogP contribution in [0, 0.1) is 15.3 Å². The van der Waals surface area contributed by atoms with E-state index in [1.54, 1.807) is 24.3 Å². The molecule has 3 rings (SSSR count). The van der Waals surface area contributed by atoms with Gasteiger partial charge in [-0.25, -0.2) is 9.18 Å². The number of hydrogen-bond acceptors (Lipinski definition) is 3. The van der Waals surface area contributed by atoms with E-state index in [-0.39, 0.29) is 17.0 Å². The van der Waals surface area contributed by atoms with Crippen molar-refractivity contribution in [3.63, 3.8) is 0 Å². The van der Waals surface area contributed by atoms with Gasteiger partial charge in [0.05, 0.1) is 11.6 Å². The fraction of sp³-hybridized carbons (Fsp3) is 0.318. The highest BCUT2D eigenvalue weighted by molar-refractivity contribution is 14.1. The second-order valence-corrected chi connectivity index (χ2v) is 8.45. The van der Waals surface area contributed by atoms with E-state index in [1.807, 2.05) is 22.6 Å². The van der Waals surface area contributed by atoms with Gasteiger partial charge in [0, 0.05) is 3.57 Å². The molecule has 2 unspecified atom stereocenters. The van der Waals surface area contributed by atoms with E-state index in [1.165, 1.54) is 25.1 Å². The molecule has 0 bridgehead atoms. The number of halogens is 2. The highest BCUT2D eigenvalue weighted by Crippen LogP contribution is 2.38. The van der Waals surface area contributed by atoms with Crippen LogP contribution < -0.4 is 5.32 Å². The van der Waals surface area contributed by atoms with Gasteiger partial charge in [0.25, 0.3) is 0 Å². The average Bonchev–Trinajstić information content (AvgIpc) is 2.59. The number of carboxylic acids is 1. The summed E-state index contributed by atoms with van der Waals surface area (Å²) in [7, 11) is 0. The van der Waals surface area contributed by atoms with Crippen LogP contribution in [0.25, 0.3) is 0 Å². The summed E-state index contributed by atoms with van der Waals surface area (Å²) in [4.78, 5) is 37.3. The van der Waals surface area contributed by atoms with Gasteiger partial charge in [-0.15, -0.1) is 0 Å². The zero-order valence-corrected chi connectivity index (χ0v) is 18.0. The summed E-state index contributed by atoms with van der Waals surface area (Å²) in [5.74, 6) is -3.68. The summed E-state index contributed by atoms with van der Waals surface area (Å²) in [6.45, 7) is 1.27. The molecule has 0 aromatic heterocycles. The third-order valence-corrected chi connectivity index (χ3v) is 6.27. The molecule has 0 spiro atoms. The largest absolute Gasteiger partial charge is 0.478 e. The molecule has 0 saturated heterocycles. The van der Waals surface area contributed by atoms with Crippen molar-refractivity contribution >= 4 is 40.3 Å². The van der Waals surface area contributed by atoms with Crippen LogP contribution in [0.4, 0.5) is 4.39 Å². The maximum Gasteiger partial charge on any atom is 0.337 e. The van der Waals surface area contributed by atoms with Crippen molar-refractivity contribution in [3.05, 3.63) is 68.5 Å². The summed E-state index contributed by atoms with van der Waals surface area (Å²) in [5, 5.41) is 12.5. The van der Waals surface area contributed by atoms with Crippen LogP contribution in [-0.4, -0.2) is 22.8 Å². The number of aromatic carboxylic acids is 1. The highest BCUT2D eigenvalue weighted by atomic mass is 127. The Morgan fingerprint density at radius 3 is 2.41 bits per heavy atom. The number of ketones is 1. The number of Topliss-reactive ketones (excluding diaryl/α,β-unsaturated/α-hetero) is 1. The van der Waals surface area contributed by atoms with E-state index in [0.717, 1.165) is 19.3 Å². The first-order valence-electron chi connectivity index (χ1n) is 9.37. The number of nitrogens with one attached hydrogen (secondary N) is 1. The molecule has 0 radical (unpaired) electrons. The van der Waals surface area contributed by atoms with Gasteiger partial charge in [-0.05, 0) is 77.6 Å². The summed E-state index contributed by atoms with van der Waals surface area (Å²) in [6.07, 6.45) is 2.83.